The maximum Gasteiger partial charge on any atom is 0.226 e. The van der Waals surface area contributed by atoms with Gasteiger partial charge in [-0.25, -0.2) is 0 Å². The number of hydrogen-bond donors (Lipinski definition) is 1. The molecule has 0 saturated heterocycles. The Morgan fingerprint density at radius 3 is 2.31 bits per heavy atom. The summed E-state index contributed by atoms with van der Waals surface area (Å²) in [5.74, 6) is 0.809. The molecule has 0 aromatic rings. The summed E-state index contributed by atoms with van der Waals surface area (Å²) in [6.07, 6.45) is 5.49. The summed E-state index contributed by atoms with van der Waals surface area (Å²) >= 11 is 5.86. The van der Waals surface area contributed by atoms with Gasteiger partial charge in [-0.05, 0) is 32.1 Å². The van der Waals surface area contributed by atoms with E-state index in [0.717, 1.165) is 19.3 Å². The fourth-order valence-corrected chi connectivity index (χ4v) is 2.86. The van der Waals surface area contributed by atoms with Crippen LogP contribution >= 0.6 is 11.6 Å². The second-order valence-electron chi connectivity index (χ2n) is 5.58. The van der Waals surface area contributed by atoms with Crippen LogP contribution < -0.4 is 5.32 Å². The number of rotatable bonds is 5. The van der Waals surface area contributed by atoms with E-state index >= 15 is 0 Å². The van der Waals surface area contributed by atoms with E-state index in [1.165, 1.54) is 12.8 Å². The highest BCUT2D eigenvalue weighted by molar-refractivity contribution is 6.20. The highest BCUT2D eigenvalue weighted by Crippen LogP contribution is 2.43. The highest BCUT2D eigenvalue weighted by Gasteiger charge is 2.41. The van der Waals surface area contributed by atoms with Crippen LogP contribution in [0.5, 0.6) is 0 Å². The van der Waals surface area contributed by atoms with Gasteiger partial charge in [0.05, 0.1) is 0 Å². The third-order valence-electron chi connectivity index (χ3n) is 3.39. The molecule has 0 spiro atoms. The van der Waals surface area contributed by atoms with E-state index in [1.54, 1.807) is 0 Å². The van der Waals surface area contributed by atoms with Crippen molar-refractivity contribution in [3.8, 4) is 0 Å². The van der Waals surface area contributed by atoms with Gasteiger partial charge < -0.3 is 5.32 Å². The second-order valence-corrected chi connectivity index (χ2v) is 6.32. The average Bonchev–Trinajstić information content (AvgIpc) is 2.62. The summed E-state index contributed by atoms with van der Waals surface area (Å²) in [6, 6.07) is 0. The third-order valence-corrected chi connectivity index (χ3v) is 3.54. The highest BCUT2D eigenvalue weighted by atomic mass is 35.5. The molecule has 0 aromatic carbocycles. The van der Waals surface area contributed by atoms with Gasteiger partial charge in [0.15, 0.2) is 0 Å². The largest absolute Gasteiger partial charge is 0.354 e. The molecule has 1 amide bonds. The van der Waals surface area contributed by atoms with Crippen LogP contribution in [0, 0.1) is 11.3 Å². The van der Waals surface area contributed by atoms with Crippen molar-refractivity contribution in [1.29, 1.82) is 0 Å². The van der Waals surface area contributed by atoms with Crippen molar-refractivity contribution < 1.29 is 4.79 Å². The second kappa shape index (κ2) is 5.90. The van der Waals surface area contributed by atoms with Crippen LogP contribution in [0.2, 0.25) is 0 Å². The van der Waals surface area contributed by atoms with Crippen molar-refractivity contribution in [2.45, 2.75) is 58.3 Å². The quantitative estimate of drug-likeness (QED) is 0.740. The predicted molar refractivity (Wildman–Crippen MR) is 68.7 cm³/mol. The van der Waals surface area contributed by atoms with Gasteiger partial charge in [-0.15, -0.1) is 11.6 Å². The zero-order chi connectivity index (χ0) is 12.2. The first-order chi connectivity index (χ1) is 7.46. The molecular weight excluding hydrogens is 222 g/mol. The SMILES string of the molecule is CC(C)CC1(C(=O)NCC(C)Cl)CCCC1. The molecular formula is C13H24ClNO. The van der Waals surface area contributed by atoms with Crippen molar-refractivity contribution in [3.63, 3.8) is 0 Å². The summed E-state index contributed by atoms with van der Waals surface area (Å²) in [6.45, 7) is 6.88. The zero-order valence-corrected chi connectivity index (χ0v) is 11.4. The summed E-state index contributed by atoms with van der Waals surface area (Å²) in [7, 11) is 0. The van der Waals surface area contributed by atoms with Gasteiger partial charge in [-0.1, -0.05) is 26.7 Å². The van der Waals surface area contributed by atoms with Crippen molar-refractivity contribution in [2.24, 2.45) is 11.3 Å². The maximum atomic E-state index is 12.2. The number of hydrogen-bond acceptors (Lipinski definition) is 1. The number of amides is 1. The lowest BCUT2D eigenvalue weighted by molar-refractivity contribution is -0.131. The van der Waals surface area contributed by atoms with Gasteiger partial charge >= 0.3 is 0 Å². The number of carbonyl (C=O) groups excluding carboxylic acids is 1. The van der Waals surface area contributed by atoms with E-state index < -0.39 is 0 Å². The third kappa shape index (κ3) is 3.65. The molecule has 1 aliphatic carbocycles. The van der Waals surface area contributed by atoms with Crippen molar-refractivity contribution >= 4 is 17.5 Å². The van der Waals surface area contributed by atoms with E-state index in [-0.39, 0.29) is 16.7 Å². The minimum atomic E-state index is -0.0973. The van der Waals surface area contributed by atoms with Gasteiger partial charge in [-0.3, -0.25) is 4.79 Å². The lowest BCUT2D eigenvalue weighted by Crippen LogP contribution is -2.42. The number of nitrogens with one attached hydrogen (secondary N) is 1. The fourth-order valence-electron chi connectivity index (χ4n) is 2.78. The van der Waals surface area contributed by atoms with Crippen molar-refractivity contribution in [1.82, 2.24) is 5.32 Å². The first-order valence-corrected chi connectivity index (χ1v) is 6.82. The molecule has 1 N–H and O–H groups in total. The molecule has 0 radical (unpaired) electrons. The Kier molecular flexibility index (Phi) is 5.10. The van der Waals surface area contributed by atoms with Gasteiger partial charge in [0.2, 0.25) is 5.91 Å². The van der Waals surface area contributed by atoms with Crippen molar-refractivity contribution in [2.75, 3.05) is 6.54 Å². The van der Waals surface area contributed by atoms with E-state index in [1.807, 2.05) is 6.92 Å². The predicted octanol–water partition coefficient (Wildman–Crippen LogP) is 3.34. The topological polar surface area (TPSA) is 29.1 Å². The summed E-state index contributed by atoms with van der Waals surface area (Å²) in [5.41, 5.74) is -0.0973. The lowest BCUT2D eigenvalue weighted by Gasteiger charge is -2.29. The number of carbonyl (C=O) groups is 1. The summed E-state index contributed by atoms with van der Waals surface area (Å²) < 4.78 is 0. The number of alkyl halides is 1. The van der Waals surface area contributed by atoms with Crippen LogP contribution in [0.4, 0.5) is 0 Å². The Balaban J connectivity index is 2.58. The van der Waals surface area contributed by atoms with E-state index in [4.69, 9.17) is 11.6 Å². The average molecular weight is 246 g/mol. The van der Waals surface area contributed by atoms with Crippen LogP contribution in [0.1, 0.15) is 52.9 Å². The molecule has 94 valence electrons. The molecule has 16 heavy (non-hydrogen) atoms. The first-order valence-electron chi connectivity index (χ1n) is 6.39. The van der Waals surface area contributed by atoms with Crippen LogP contribution in [-0.2, 0) is 4.79 Å². The van der Waals surface area contributed by atoms with Crippen LogP contribution in [0.3, 0.4) is 0 Å². The molecule has 1 fully saturated rings. The molecule has 3 heteroatoms. The molecule has 0 aromatic heterocycles. The van der Waals surface area contributed by atoms with Gasteiger partial charge in [-0.2, -0.15) is 0 Å². The molecule has 2 nitrogen and oxygen atoms in total. The monoisotopic (exact) mass is 245 g/mol. The van der Waals surface area contributed by atoms with E-state index in [9.17, 15) is 4.79 Å². The molecule has 0 bridgehead atoms. The van der Waals surface area contributed by atoms with Gasteiger partial charge in [0.1, 0.15) is 0 Å². The molecule has 1 unspecified atom stereocenters. The van der Waals surface area contributed by atoms with Gasteiger partial charge in [0.25, 0.3) is 0 Å². The van der Waals surface area contributed by atoms with Crippen molar-refractivity contribution in [3.05, 3.63) is 0 Å². The molecule has 1 rings (SSSR count). The minimum Gasteiger partial charge on any atom is -0.354 e. The Morgan fingerprint density at radius 2 is 1.88 bits per heavy atom. The smallest absolute Gasteiger partial charge is 0.226 e. The maximum absolute atomic E-state index is 12.2. The minimum absolute atomic E-state index is 0.0152. The van der Waals surface area contributed by atoms with Crippen LogP contribution in [0.15, 0.2) is 0 Å². The molecule has 0 heterocycles. The number of halogens is 1. The van der Waals surface area contributed by atoms with Crippen LogP contribution in [-0.4, -0.2) is 17.8 Å². The van der Waals surface area contributed by atoms with E-state index in [2.05, 4.69) is 19.2 Å². The standard InChI is InChI=1S/C13H24ClNO/c1-10(2)8-13(6-4-5-7-13)12(16)15-9-11(3)14/h10-11H,4-9H2,1-3H3,(H,15,16). The fraction of sp³-hybridized carbons (Fsp3) is 0.923. The Morgan fingerprint density at radius 1 is 1.31 bits per heavy atom. The summed E-state index contributed by atoms with van der Waals surface area (Å²) in [5, 5.41) is 3.01. The van der Waals surface area contributed by atoms with E-state index in [0.29, 0.717) is 12.5 Å². The molecule has 1 aliphatic rings. The molecule has 1 saturated carbocycles. The first kappa shape index (κ1) is 13.8. The summed E-state index contributed by atoms with van der Waals surface area (Å²) in [4.78, 5) is 12.2. The Hall–Kier alpha value is -0.240. The van der Waals surface area contributed by atoms with Crippen LogP contribution in [0.25, 0.3) is 0 Å². The molecule has 1 atom stereocenters. The van der Waals surface area contributed by atoms with Gasteiger partial charge in [0, 0.05) is 17.3 Å². The lowest BCUT2D eigenvalue weighted by atomic mass is 9.77. The Bertz CT molecular complexity index is 232. The zero-order valence-electron chi connectivity index (χ0n) is 10.7. The Labute approximate surface area is 104 Å². The molecule has 0 aliphatic heterocycles. The normalized spacial score (nSPS) is 21.1.